The third kappa shape index (κ3) is 4.05. The van der Waals surface area contributed by atoms with Crippen LogP contribution in [0.25, 0.3) is 11.3 Å². The molecule has 0 saturated carbocycles. The summed E-state index contributed by atoms with van der Waals surface area (Å²) in [7, 11) is 0. The van der Waals surface area contributed by atoms with Crippen molar-refractivity contribution in [2.45, 2.75) is 13.0 Å². The summed E-state index contributed by atoms with van der Waals surface area (Å²) in [5.41, 5.74) is 2.61. The number of aromatic carboxylic acids is 1. The number of halogens is 1. The van der Waals surface area contributed by atoms with Crippen LogP contribution in [0, 0.1) is 0 Å². The molecular formula is C20H14BrN5O3S. The number of hydrazone groups is 1. The minimum absolute atomic E-state index is 0.0967. The maximum absolute atomic E-state index is 12.8. The van der Waals surface area contributed by atoms with Gasteiger partial charge in [-0.2, -0.15) is 20.3 Å². The van der Waals surface area contributed by atoms with Gasteiger partial charge in [-0.25, -0.2) is 9.78 Å². The summed E-state index contributed by atoms with van der Waals surface area (Å²) in [6.45, 7) is 1.69. The van der Waals surface area contributed by atoms with Gasteiger partial charge in [-0.1, -0.05) is 34.1 Å². The number of thiazole rings is 1. The minimum Gasteiger partial charge on any atom is -0.478 e. The van der Waals surface area contributed by atoms with Crippen LogP contribution in [0.1, 0.15) is 17.3 Å². The van der Waals surface area contributed by atoms with Gasteiger partial charge in [0.05, 0.1) is 22.7 Å². The van der Waals surface area contributed by atoms with Crippen molar-refractivity contribution >= 4 is 55.7 Å². The third-order valence-electron chi connectivity index (χ3n) is 4.29. The first-order valence-electron chi connectivity index (χ1n) is 8.77. The maximum Gasteiger partial charge on any atom is 0.335 e. The number of anilines is 1. The number of carbonyl (C=O) groups is 2. The number of benzene rings is 2. The number of hydrogen-bond donors (Lipinski definition) is 1. The summed E-state index contributed by atoms with van der Waals surface area (Å²) in [6.07, 6.45) is 0. The number of carboxylic acids is 1. The minimum atomic E-state index is -1.06. The van der Waals surface area contributed by atoms with Crippen molar-refractivity contribution in [2.24, 2.45) is 15.3 Å². The van der Waals surface area contributed by atoms with Crippen molar-refractivity contribution in [3.63, 3.8) is 0 Å². The summed E-state index contributed by atoms with van der Waals surface area (Å²) in [6, 6.07) is 12.9. The second kappa shape index (κ2) is 8.25. The fourth-order valence-electron chi connectivity index (χ4n) is 2.77. The largest absolute Gasteiger partial charge is 0.478 e. The Balaban J connectivity index is 1.53. The molecule has 2 heterocycles. The fraction of sp³-hybridized carbons (Fsp3) is 0.100. The molecule has 150 valence electrons. The normalized spacial score (nSPS) is 16.3. The highest BCUT2D eigenvalue weighted by Gasteiger charge is 2.36. The molecule has 1 aliphatic rings. The zero-order valence-electron chi connectivity index (χ0n) is 15.6. The van der Waals surface area contributed by atoms with E-state index in [1.807, 2.05) is 29.6 Å². The number of carbonyl (C=O) groups excluding carboxylic acids is 1. The molecule has 0 bridgehead atoms. The highest BCUT2D eigenvalue weighted by molar-refractivity contribution is 9.10. The van der Waals surface area contributed by atoms with E-state index in [9.17, 15) is 9.59 Å². The van der Waals surface area contributed by atoms with Gasteiger partial charge < -0.3 is 5.11 Å². The molecule has 30 heavy (non-hydrogen) atoms. The third-order valence-corrected chi connectivity index (χ3v) is 5.64. The van der Waals surface area contributed by atoms with E-state index in [0.717, 1.165) is 15.7 Å². The van der Waals surface area contributed by atoms with E-state index in [1.54, 1.807) is 19.1 Å². The predicted octanol–water partition coefficient (Wildman–Crippen LogP) is 5.15. The summed E-state index contributed by atoms with van der Waals surface area (Å²) in [5.74, 6) is -1.42. The molecule has 1 amide bonds. The number of azo groups is 1. The van der Waals surface area contributed by atoms with Gasteiger partial charge >= 0.3 is 5.97 Å². The quantitative estimate of drug-likeness (QED) is 0.506. The molecule has 0 radical (unpaired) electrons. The molecular weight excluding hydrogens is 470 g/mol. The van der Waals surface area contributed by atoms with Crippen molar-refractivity contribution in [3.05, 3.63) is 63.9 Å². The lowest BCUT2D eigenvalue weighted by Crippen LogP contribution is -2.29. The molecule has 3 aromatic rings. The number of aromatic nitrogens is 1. The van der Waals surface area contributed by atoms with Crippen LogP contribution >= 0.6 is 27.3 Å². The monoisotopic (exact) mass is 483 g/mol. The zero-order valence-corrected chi connectivity index (χ0v) is 18.0. The summed E-state index contributed by atoms with van der Waals surface area (Å²) in [4.78, 5) is 28.4. The molecule has 1 atom stereocenters. The summed E-state index contributed by atoms with van der Waals surface area (Å²) >= 11 is 4.71. The Morgan fingerprint density at radius 2 is 2.00 bits per heavy atom. The topological polar surface area (TPSA) is 108 Å². The average Bonchev–Trinajstić information content (AvgIpc) is 3.32. The predicted molar refractivity (Wildman–Crippen MR) is 118 cm³/mol. The maximum atomic E-state index is 12.8. The SMILES string of the molecule is CC1=NN(c2nc(-c3ccc(Br)cc3)cs2)C(=O)[C@H]1N=Nc1cccc(C(=O)O)c1. The molecule has 4 rings (SSSR count). The van der Waals surface area contributed by atoms with E-state index >= 15 is 0 Å². The number of amides is 1. The van der Waals surface area contributed by atoms with Gasteiger partial charge in [-0.15, -0.1) is 11.3 Å². The van der Waals surface area contributed by atoms with Crippen LogP contribution in [-0.4, -0.2) is 33.7 Å². The standard InChI is InChI=1S/C20H14BrN5O3S/c1-11-17(24-23-15-4-2-3-13(9-15)19(28)29)18(27)26(25-11)20-22-16(10-30-20)12-5-7-14(21)8-6-12/h2-10,17H,1H3,(H,28,29)/t17-/m0/s1. The molecule has 0 spiro atoms. The van der Waals surface area contributed by atoms with Gasteiger partial charge in [0.25, 0.3) is 5.91 Å². The van der Waals surface area contributed by atoms with E-state index in [-0.39, 0.29) is 11.5 Å². The Labute approximate surface area is 183 Å². The van der Waals surface area contributed by atoms with Gasteiger partial charge in [-0.05, 0) is 37.3 Å². The second-order valence-electron chi connectivity index (χ2n) is 6.39. The lowest BCUT2D eigenvalue weighted by Gasteiger charge is -2.08. The van der Waals surface area contributed by atoms with Crippen LogP contribution in [0.2, 0.25) is 0 Å². The molecule has 0 fully saturated rings. The van der Waals surface area contributed by atoms with Crippen LogP contribution in [0.3, 0.4) is 0 Å². The zero-order chi connectivity index (χ0) is 21.3. The highest BCUT2D eigenvalue weighted by atomic mass is 79.9. The second-order valence-corrected chi connectivity index (χ2v) is 8.14. The summed E-state index contributed by atoms with van der Waals surface area (Å²) in [5, 5.41) is 25.0. The first-order chi connectivity index (χ1) is 14.4. The van der Waals surface area contributed by atoms with E-state index in [0.29, 0.717) is 16.5 Å². The first kappa shape index (κ1) is 20.0. The van der Waals surface area contributed by atoms with Crippen LogP contribution in [0.15, 0.2) is 73.7 Å². The van der Waals surface area contributed by atoms with Gasteiger partial charge in [-0.3, -0.25) is 4.79 Å². The van der Waals surface area contributed by atoms with Crippen LogP contribution in [0.5, 0.6) is 0 Å². The highest BCUT2D eigenvalue weighted by Crippen LogP contribution is 2.31. The first-order valence-corrected chi connectivity index (χ1v) is 10.4. The van der Waals surface area contributed by atoms with Crippen LogP contribution in [0.4, 0.5) is 10.8 Å². The molecule has 0 unspecified atom stereocenters. The molecule has 10 heteroatoms. The van der Waals surface area contributed by atoms with Gasteiger partial charge in [0.15, 0.2) is 6.04 Å². The smallest absolute Gasteiger partial charge is 0.335 e. The average molecular weight is 484 g/mol. The molecule has 1 aromatic heterocycles. The molecule has 2 aromatic carbocycles. The van der Waals surface area contributed by atoms with Crippen molar-refractivity contribution in [3.8, 4) is 11.3 Å². The Morgan fingerprint density at radius 1 is 1.23 bits per heavy atom. The van der Waals surface area contributed by atoms with E-state index in [1.165, 1.54) is 28.5 Å². The molecule has 0 saturated heterocycles. The number of carboxylic acid groups (broad SMARTS) is 1. The Morgan fingerprint density at radius 3 is 2.73 bits per heavy atom. The lowest BCUT2D eigenvalue weighted by molar-refractivity contribution is -0.117. The van der Waals surface area contributed by atoms with Crippen molar-refractivity contribution < 1.29 is 14.7 Å². The molecule has 1 aliphatic heterocycles. The molecule has 0 aliphatic carbocycles. The lowest BCUT2D eigenvalue weighted by atomic mass is 10.2. The van der Waals surface area contributed by atoms with E-state index < -0.39 is 12.0 Å². The Kier molecular flexibility index (Phi) is 5.51. The van der Waals surface area contributed by atoms with Crippen molar-refractivity contribution in [1.82, 2.24) is 4.98 Å². The number of nitrogens with zero attached hydrogens (tertiary/aromatic N) is 5. The van der Waals surface area contributed by atoms with Gasteiger partial charge in [0.1, 0.15) is 0 Å². The molecule has 8 nitrogen and oxygen atoms in total. The Hall–Kier alpha value is -3.24. The van der Waals surface area contributed by atoms with E-state index in [4.69, 9.17) is 5.11 Å². The summed E-state index contributed by atoms with van der Waals surface area (Å²) < 4.78 is 0.971. The fourth-order valence-corrected chi connectivity index (χ4v) is 3.82. The number of hydrogen-bond acceptors (Lipinski definition) is 7. The van der Waals surface area contributed by atoms with Gasteiger partial charge in [0, 0.05) is 15.4 Å². The van der Waals surface area contributed by atoms with Crippen LogP contribution in [-0.2, 0) is 4.79 Å². The Bertz CT molecular complexity index is 1190. The van der Waals surface area contributed by atoms with E-state index in [2.05, 4.69) is 36.2 Å². The number of rotatable bonds is 5. The van der Waals surface area contributed by atoms with Crippen molar-refractivity contribution in [1.29, 1.82) is 0 Å². The van der Waals surface area contributed by atoms with Crippen molar-refractivity contribution in [2.75, 3.05) is 5.01 Å². The van der Waals surface area contributed by atoms with Gasteiger partial charge in [0.2, 0.25) is 5.13 Å². The molecule has 1 N–H and O–H groups in total. The van der Waals surface area contributed by atoms with Crippen LogP contribution < -0.4 is 5.01 Å².